The van der Waals surface area contributed by atoms with Crippen molar-refractivity contribution in [1.82, 2.24) is 9.55 Å². The van der Waals surface area contributed by atoms with Gasteiger partial charge in [-0.25, -0.2) is 4.98 Å². The summed E-state index contributed by atoms with van der Waals surface area (Å²) in [6.07, 6.45) is 2.37. The van der Waals surface area contributed by atoms with Crippen LogP contribution in [0.3, 0.4) is 0 Å². The SMILES string of the molecule is CC(Sc1nc2ccccc2c(=O)n1CCCO)C(=O)N1CCCc2ccccc21. The van der Waals surface area contributed by atoms with E-state index in [0.29, 0.717) is 35.6 Å². The number of fused-ring (bicyclic) bond motifs is 2. The molecule has 1 unspecified atom stereocenters. The maximum absolute atomic E-state index is 13.3. The molecule has 2 heterocycles. The largest absolute Gasteiger partial charge is 0.396 e. The first-order valence-electron chi connectivity index (χ1n) is 10.3. The summed E-state index contributed by atoms with van der Waals surface area (Å²) in [5.74, 6) is 0.0169. The number of rotatable bonds is 6. The van der Waals surface area contributed by atoms with Crippen LogP contribution in [0.5, 0.6) is 0 Å². The zero-order valence-corrected chi connectivity index (χ0v) is 17.8. The lowest BCUT2D eigenvalue weighted by molar-refractivity contribution is -0.117. The Morgan fingerprint density at radius 3 is 2.80 bits per heavy atom. The molecule has 0 fully saturated rings. The van der Waals surface area contributed by atoms with Crippen molar-refractivity contribution in [2.24, 2.45) is 0 Å². The number of anilines is 1. The molecular formula is C23H25N3O3S. The predicted octanol–water partition coefficient (Wildman–Crippen LogP) is 3.24. The topological polar surface area (TPSA) is 75.4 Å². The molecule has 1 aliphatic rings. The summed E-state index contributed by atoms with van der Waals surface area (Å²) in [5.41, 5.74) is 2.65. The monoisotopic (exact) mass is 423 g/mol. The Morgan fingerprint density at radius 1 is 1.20 bits per heavy atom. The fourth-order valence-electron chi connectivity index (χ4n) is 3.85. The van der Waals surface area contributed by atoms with Crippen molar-refractivity contribution < 1.29 is 9.90 Å². The van der Waals surface area contributed by atoms with Crippen LogP contribution in [0.25, 0.3) is 10.9 Å². The molecule has 30 heavy (non-hydrogen) atoms. The Morgan fingerprint density at radius 2 is 1.97 bits per heavy atom. The maximum Gasteiger partial charge on any atom is 0.262 e. The molecule has 0 bridgehead atoms. The number of para-hydroxylation sites is 2. The molecule has 0 radical (unpaired) electrons. The van der Waals surface area contributed by atoms with Crippen LogP contribution in [0.2, 0.25) is 0 Å². The molecule has 156 valence electrons. The summed E-state index contributed by atoms with van der Waals surface area (Å²) in [6, 6.07) is 15.3. The van der Waals surface area contributed by atoms with E-state index in [2.05, 4.69) is 11.1 Å². The number of nitrogens with zero attached hydrogens (tertiary/aromatic N) is 3. The standard InChI is InChI=1S/C23H25N3O3S/c1-16(21(28)25-13-6-9-17-8-2-5-12-20(17)25)30-23-24-19-11-4-3-10-18(19)22(29)26(23)14-7-15-27/h2-5,8,10-12,16,27H,6-7,9,13-15H2,1H3. The molecule has 1 aliphatic heterocycles. The normalized spacial score (nSPS) is 14.5. The van der Waals surface area contributed by atoms with E-state index in [4.69, 9.17) is 0 Å². The van der Waals surface area contributed by atoms with E-state index in [0.717, 1.165) is 18.5 Å². The van der Waals surface area contributed by atoms with Crippen LogP contribution < -0.4 is 10.5 Å². The van der Waals surface area contributed by atoms with Crippen molar-refractivity contribution in [3.05, 3.63) is 64.4 Å². The first-order chi connectivity index (χ1) is 14.6. The van der Waals surface area contributed by atoms with E-state index in [1.165, 1.54) is 17.3 Å². The van der Waals surface area contributed by atoms with Gasteiger partial charge in [-0.3, -0.25) is 14.2 Å². The number of aryl methyl sites for hydroxylation is 1. The lowest BCUT2D eigenvalue weighted by Gasteiger charge is -2.31. The number of aromatic nitrogens is 2. The van der Waals surface area contributed by atoms with Gasteiger partial charge in [0.05, 0.1) is 16.2 Å². The number of amides is 1. The highest BCUT2D eigenvalue weighted by atomic mass is 32.2. The van der Waals surface area contributed by atoms with E-state index in [1.807, 2.05) is 48.2 Å². The second kappa shape index (κ2) is 9.02. The fourth-order valence-corrected chi connectivity index (χ4v) is 4.85. The molecule has 0 saturated heterocycles. The molecule has 2 aromatic carbocycles. The minimum atomic E-state index is -0.399. The van der Waals surface area contributed by atoms with Gasteiger partial charge in [0, 0.05) is 25.4 Å². The molecular weight excluding hydrogens is 398 g/mol. The second-order valence-corrected chi connectivity index (χ2v) is 8.74. The molecule has 0 aliphatic carbocycles. The smallest absolute Gasteiger partial charge is 0.262 e. The van der Waals surface area contributed by atoms with Gasteiger partial charge < -0.3 is 10.0 Å². The lowest BCUT2D eigenvalue weighted by Crippen LogP contribution is -2.40. The third kappa shape index (κ3) is 4.00. The summed E-state index contributed by atoms with van der Waals surface area (Å²) < 4.78 is 1.58. The number of aliphatic hydroxyl groups excluding tert-OH is 1. The van der Waals surface area contributed by atoms with Gasteiger partial charge in [-0.05, 0) is 49.9 Å². The quantitative estimate of drug-likeness (QED) is 0.487. The summed E-state index contributed by atoms with van der Waals surface area (Å²) >= 11 is 1.31. The molecule has 3 aromatic rings. The third-order valence-electron chi connectivity index (χ3n) is 5.37. The Balaban J connectivity index is 1.65. The summed E-state index contributed by atoms with van der Waals surface area (Å²) in [4.78, 5) is 32.8. The molecule has 4 rings (SSSR count). The Labute approximate surface area is 179 Å². The van der Waals surface area contributed by atoms with Crippen molar-refractivity contribution >= 4 is 34.3 Å². The summed E-state index contributed by atoms with van der Waals surface area (Å²) in [7, 11) is 0. The van der Waals surface area contributed by atoms with Crippen molar-refractivity contribution in [2.75, 3.05) is 18.1 Å². The zero-order valence-electron chi connectivity index (χ0n) is 17.0. The van der Waals surface area contributed by atoms with Crippen LogP contribution >= 0.6 is 11.8 Å². The highest BCUT2D eigenvalue weighted by molar-refractivity contribution is 8.00. The van der Waals surface area contributed by atoms with Crippen LogP contribution in [-0.2, 0) is 17.8 Å². The average molecular weight is 424 g/mol. The number of hydrogen-bond donors (Lipinski definition) is 1. The number of carbonyl (C=O) groups excluding carboxylic acids is 1. The van der Waals surface area contributed by atoms with Crippen molar-refractivity contribution in [3.63, 3.8) is 0 Å². The van der Waals surface area contributed by atoms with Crippen LogP contribution in [0.1, 0.15) is 25.3 Å². The molecule has 0 spiro atoms. The number of benzene rings is 2. The van der Waals surface area contributed by atoms with E-state index in [9.17, 15) is 14.7 Å². The molecule has 7 heteroatoms. The van der Waals surface area contributed by atoms with Gasteiger partial charge >= 0.3 is 0 Å². The van der Waals surface area contributed by atoms with E-state index in [1.54, 1.807) is 10.6 Å². The first kappa shape index (κ1) is 20.6. The Kier molecular flexibility index (Phi) is 6.20. The Bertz CT molecular complexity index is 1130. The van der Waals surface area contributed by atoms with Crippen LogP contribution in [0.4, 0.5) is 5.69 Å². The van der Waals surface area contributed by atoms with Gasteiger partial charge in [0.25, 0.3) is 5.56 Å². The molecule has 0 saturated carbocycles. The Hall–Kier alpha value is -2.64. The predicted molar refractivity (Wildman–Crippen MR) is 120 cm³/mol. The summed E-state index contributed by atoms with van der Waals surface area (Å²) in [6.45, 7) is 2.91. The number of aliphatic hydroxyl groups is 1. The van der Waals surface area contributed by atoms with Gasteiger partial charge in [-0.15, -0.1) is 0 Å². The van der Waals surface area contributed by atoms with Gasteiger partial charge in [0.15, 0.2) is 5.16 Å². The van der Waals surface area contributed by atoms with E-state index < -0.39 is 5.25 Å². The van der Waals surface area contributed by atoms with Crippen molar-refractivity contribution in [3.8, 4) is 0 Å². The number of hydrogen-bond acceptors (Lipinski definition) is 5. The molecule has 1 N–H and O–H groups in total. The van der Waals surface area contributed by atoms with Crippen LogP contribution in [-0.4, -0.2) is 39.0 Å². The first-order valence-corrected chi connectivity index (χ1v) is 11.1. The highest BCUT2D eigenvalue weighted by Gasteiger charge is 2.28. The van der Waals surface area contributed by atoms with Crippen LogP contribution in [0, 0.1) is 0 Å². The number of thioether (sulfide) groups is 1. The van der Waals surface area contributed by atoms with Gasteiger partial charge in [0.2, 0.25) is 5.91 Å². The fraction of sp³-hybridized carbons (Fsp3) is 0.348. The van der Waals surface area contributed by atoms with Crippen molar-refractivity contribution in [1.29, 1.82) is 0 Å². The molecule has 1 atom stereocenters. The maximum atomic E-state index is 13.3. The van der Waals surface area contributed by atoms with Gasteiger partial charge in [-0.2, -0.15) is 0 Å². The minimum absolute atomic E-state index is 0.0115. The average Bonchev–Trinajstić information content (AvgIpc) is 2.78. The van der Waals surface area contributed by atoms with E-state index in [-0.39, 0.29) is 18.1 Å². The molecule has 1 aromatic heterocycles. The van der Waals surface area contributed by atoms with Gasteiger partial charge in [-0.1, -0.05) is 42.1 Å². The highest BCUT2D eigenvalue weighted by Crippen LogP contribution is 2.30. The number of carbonyl (C=O) groups is 1. The molecule has 1 amide bonds. The van der Waals surface area contributed by atoms with E-state index >= 15 is 0 Å². The lowest BCUT2D eigenvalue weighted by atomic mass is 10.0. The van der Waals surface area contributed by atoms with Crippen molar-refractivity contribution in [2.45, 2.75) is 43.1 Å². The molecule has 6 nitrogen and oxygen atoms in total. The minimum Gasteiger partial charge on any atom is -0.396 e. The van der Waals surface area contributed by atoms with Crippen LogP contribution in [0.15, 0.2) is 58.5 Å². The second-order valence-electron chi connectivity index (χ2n) is 7.43. The summed E-state index contributed by atoms with van der Waals surface area (Å²) in [5, 5.41) is 9.91. The zero-order chi connectivity index (χ0) is 21.1. The van der Waals surface area contributed by atoms with Gasteiger partial charge in [0.1, 0.15) is 0 Å². The third-order valence-corrected chi connectivity index (χ3v) is 6.45.